The summed E-state index contributed by atoms with van der Waals surface area (Å²) in [4.78, 5) is 0. The predicted molar refractivity (Wildman–Crippen MR) is 60.7 cm³/mol. The first-order valence-electron chi connectivity index (χ1n) is 5.30. The molecule has 0 radical (unpaired) electrons. The van der Waals surface area contributed by atoms with Gasteiger partial charge in [0.2, 0.25) is 0 Å². The van der Waals surface area contributed by atoms with Gasteiger partial charge in [0.15, 0.2) is 0 Å². The van der Waals surface area contributed by atoms with Crippen LogP contribution < -0.4 is 5.32 Å². The highest BCUT2D eigenvalue weighted by Gasteiger charge is 2.07. The molecule has 1 rings (SSSR count). The molecule has 4 heteroatoms. The summed E-state index contributed by atoms with van der Waals surface area (Å²) in [6, 6.07) is 5.86. The SMILES string of the molecule is COC(C)CNCC(O)c1ccc(F)cc1. The van der Waals surface area contributed by atoms with E-state index in [0.717, 1.165) is 0 Å². The number of aliphatic hydroxyl groups is 1. The number of hydrogen-bond donors (Lipinski definition) is 2. The first-order chi connectivity index (χ1) is 7.63. The van der Waals surface area contributed by atoms with Crippen LogP contribution in [0.3, 0.4) is 0 Å². The van der Waals surface area contributed by atoms with Crippen LogP contribution in [0.15, 0.2) is 24.3 Å². The Hall–Kier alpha value is -0.970. The topological polar surface area (TPSA) is 41.5 Å². The molecule has 0 aliphatic heterocycles. The van der Waals surface area contributed by atoms with E-state index in [1.165, 1.54) is 12.1 Å². The summed E-state index contributed by atoms with van der Waals surface area (Å²) in [5, 5.41) is 12.9. The van der Waals surface area contributed by atoms with Crippen LogP contribution in [0.25, 0.3) is 0 Å². The molecule has 0 aliphatic rings. The maximum atomic E-state index is 12.6. The monoisotopic (exact) mass is 227 g/mol. The van der Waals surface area contributed by atoms with Crippen LogP contribution in [0.5, 0.6) is 0 Å². The molecule has 1 aromatic rings. The largest absolute Gasteiger partial charge is 0.387 e. The van der Waals surface area contributed by atoms with Crippen molar-refractivity contribution in [3.05, 3.63) is 35.6 Å². The Morgan fingerprint density at radius 3 is 2.50 bits per heavy atom. The smallest absolute Gasteiger partial charge is 0.123 e. The number of ether oxygens (including phenoxy) is 1. The standard InChI is InChI=1S/C12H18FNO2/c1-9(16-2)7-14-8-12(15)10-3-5-11(13)6-4-10/h3-6,9,12,14-15H,7-8H2,1-2H3. The van der Waals surface area contributed by atoms with E-state index in [1.807, 2.05) is 6.92 Å². The number of aliphatic hydroxyl groups excluding tert-OH is 1. The van der Waals surface area contributed by atoms with E-state index in [0.29, 0.717) is 18.7 Å². The lowest BCUT2D eigenvalue weighted by Gasteiger charge is -2.14. The van der Waals surface area contributed by atoms with Gasteiger partial charge in [-0.25, -0.2) is 4.39 Å². The Labute approximate surface area is 95.2 Å². The molecule has 0 bridgehead atoms. The average Bonchev–Trinajstić information content (AvgIpc) is 2.29. The lowest BCUT2D eigenvalue weighted by Crippen LogP contribution is -2.29. The second kappa shape index (κ2) is 6.58. The van der Waals surface area contributed by atoms with E-state index < -0.39 is 6.10 Å². The number of methoxy groups -OCH3 is 1. The molecular formula is C12H18FNO2. The van der Waals surface area contributed by atoms with Gasteiger partial charge in [-0.05, 0) is 24.6 Å². The van der Waals surface area contributed by atoms with Crippen molar-refractivity contribution in [1.82, 2.24) is 5.32 Å². The van der Waals surface area contributed by atoms with E-state index in [2.05, 4.69) is 5.32 Å². The Morgan fingerprint density at radius 1 is 1.31 bits per heavy atom. The molecule has 0 amide bonds. The molecule has 1 aromatic carbocycles. The number of rotatable bonds is 6. The fourth-order valence-electron chi connectivity index (χ4n) is 1.31. The van der Waals surface area contributed by atoms with Crippen molar-refractivity contribution in [1.29, 1.82) is 0 Å². The van der Waals surface area contributed by atoms with Crippen LogP contribution in [-0.4, -0.2) is 31.4 Å². The summed E-state index contributed by atoms with van der Waals surface area (Å²) in [5.41, 5.74) is 0.707. The summed E-state index contributed by atoms with van der Waals surface area (Å²) < 4.78 is 17.7. The maximum Gasteiger partial charge on any atom is 0.123 e. The third-order valence-corrected chi connectivity index (χ3v) is 2.43. The second-order valence-electron chi connectivity index (χ2n) is 3.77. The average molecular weight is 227 g/mol. The summed E-state index contributed by atoms with van der Waals surface area (Å²) in [5.74, 6) is -0.295. The Bertz CT molecular complexity index is 302. The minimum absolute atomic E-state index is 0.111. The first-order valence-corrected chi connectivity index (χ1v) is 5.30. The van der Waals surface area contributed by atoms with Gasteiger partial charge in [0.05, 0.1) is 12.2 Å². The minimum Gasteiger partial charge on any atom is -0.387 e. The molecule has 0 saturated carbocycles. The fourth-order valence-corrected chi connectivity index (χ4v) is 1.31. The molecule has 0 fully saturated rings. The zero-order chi connectivity index (χ0) is 12.0. The summed E-state index contributed by atoms with van der Waals surface area (Å²) in [6.07, 6.45) is -0.509. The zero-order valence-electron chi connectivity index (χ0n) is 9.61. The molecule has 3 nitrogen and oxygen atoms in total. The van der Waals surface area contributed by atoms with E-state index in [1.54, 1.807) is 19.2 Å². The van der Waals surface area contributed by atoms with Crippen molar-refractivity contribution < 1.29 is 14.2 Å². The van der Waals surface area contributed by atoms with Crippen molar-refractivity contribution in [3.8, 4) is 0 Å². The third kappa shape index (κ3) is 4.26. The van der Waals surface area contributed by atoms with E-state index in [9.17, 15) is 9.50 Å². The summed E-state index contributed by atoms with van der Waals surface area (Å²) in [6.45, 7) is 3.05. The first kappa shape index (κ1) is 13.1. The van der Waals surface area contributed by atoms with Gasteiger partial charge in [0, 0.05) is 20.2 Å². The third-order valence-electron chi connectivity index (χ3n) is 2.43. The van der Waals surface area contributed by atoms with Crippen LogP contribution in [0, 0.1) is 5.82 Å². The Balaban J connectivity index is 2.35. The molecule has 0 aliphatic carbocycles. The van der Waals surface area contributed by atoms with Crippen LogP contribution >= 0.6 is 0 Å². The number of hydrogen-bond acceptors (Lipinski definition) is 3. The highest BCUT2D eigenvalue weighted by Crippen LogP contribution is 2.12. The summed E-state index contributed by atoms with van der Waals surface area (Å²) >= 11 is 0. The Kier molecular flexibility index (Phi) is 5.38. The van der Waals surface area contributed by atoms with Gasteiger partial charge in [-0.3, -0.25) is 0 Å². The Morgan fingerprint density at radius 2 is 1.94 bits per heavy atom. The molecule has 0 spiro atoms. The van der Waals surface area contributed by atoms with Gasteiger partial charge in [0.25, 0.3) is 0 Å². The van der Waals surface area contributed by atoms with E-state index >= 15 is 0 Å². The quantitative estimate of drug-likeness (QED) is 0.773. The van der Waals surface area contributed by atoms with Crippen LogP contribution in [0.1, 0.15) is 18.6 Å². The second-order valence-corrected chi connectivity index (χ2v) is 3.77. The van der Waals surface area contributed by atoms with Crippen molar-refractivity contribution in [2.75, 3.05) is 20.2 Å². The van der Waals surface area contributed by atoms with Crippen LogP contribution in [0.2, 0.25) is 0 Å². The molecule has 0 saturated heterocycles. The molecular weight excluding hydrogens is 209 g/mol. The summed E-state index contributed by atoms with van der Waals surface area (Å²) in [7, 11) is 1.64. The molecule has 2 N–H and O–H groups in total. The van der Waals surface area contributed by atoms with Crippen molar-refractivity contribution in [2.45, 2.75) is 19.1 Å². The number of benzene rings is 1. The normalized spacial score (nSPS) is 14.8. The van der Waals surface area contributed by atoms with Crippen LogP contribution in [0.4, 0.5) is 4.39 Å². The fraction of sp³-hybridized carbons (Fsp3) is 0.500. The number of nitrogens with one attached hydrogen (secondary N) is 1. The van der Waals surface area contributed by atoms with Gasteiger partial charge in [0.1, 0.15) is 5.82 Å². The molecule has 90 valence electrons. The molecule has 0 heterocycles. The highest BCUT2D eigenvalue weighted by atomic mass is 19.1. The predicted octanol–water partition coefficient (Wildman–Crippen LogP) is 1.48. The molecule has 2 unspecified atom stereocenters. The zero-order valence-corrected chi connectivity index (χ0v) is 9.61. The number of halogens is 1. The minimum atomic E-state index is -0.621. The van der Waals surface area contributed by atoms with Gasteiger partial charge in [-0.1, -0.05) is 12.1 Å². The maximum absolute atomic E-state index is 12.6. The lowest BCUT2D eigenvalue weighted by atomic mass is 10.1. The molecule has 16 heavy (non-hydrogen) atoms. The van der Waals surface area contributed by atoms with E-state index in [-0.39, 0.29) is 11.9 Å². The van der Waals surface area contributed by atoms with Gasteiger partial charge in [-0.15, -0.1) is 0 Å². The van der Waals surface area contributed by atoms with Crippen molar-refractivity contribution >= 4 is 0 Å². The molecule has 2 atom stereocenters. The highest BCUT2D eigenvalue weighted by molar-refractivity contribution is 5.18. The molecule has 0 aromatic heterocycles. The van der Waals surface area contributed by atoms with Gasteiger partial charge >= 0.3 is 0 Å². The van der Waals surface area contributed by atoms with Crippen molar-refractivity contribution in [3.63, 3.8) is 0 Å². The van der Waals surface area contributed by atoms with Gasteiger partial charge in [-0.2, -0.15) is 0 Å². The lowest BCUT2D eigenvalue weighted by molar-refractivity contribution is 0.109. The van der Waals surface area contributed by atoms with Crippen molar-refractivity contribution in [2.24, 2.45) is 0 Å². The van der Waals surface area contributed by atoms with Crippen LogP contribution in [-0.2, 0) is 4.74 Å². The van der Waals surface area contributed by atoms with E-state index in [4.69, 9.17) is 4.74 Å². The van der Waals surface area contributed by atoms with Gasteiger partial charge < -0.3 is 15.2 Å².